The van der Waals surface area contributed by atoms with E-state index in [0.717, 1.165) is 0 Å². The molecule has 13 heavy (non-hydrogen) atoms. The molecule has 4 heteroatoms. The van der Waals surface area contributed by atoms with Crippen LogP contribution in [-0.2, 0) is 0 Å². The zero-order valence-corrected chi connectivity index (χ0v) is 6.84. The van der Waals surface area contributed by atoms with Crippen molar-refractivity contribution in [1.82, 2.24) is 4.98 Å². The van der Waals surface area contributed by atoms with Crippen molar-refractivity contribution in [2.45, 2.75) is 18.4 Å². The lowest BCUT2D eigenvalue weighted by molar-refractivity contribution is 0.0695. The molecule has 4 nitrogen and oxygen atoms in total. The summed E-state index contributed by atoms with van der Waals surface area (Å²) >= 11 is 0. The van der Waals surface area contributed by atoms with Crippen molar-refractivity contribution in [3.05, 3.63) is 29.6 Å². The second-order valence-electron chi connectivity index (χ2n) is 3.15. The molecular formula is C9H9NO3. The first-order valence-corrected chi connectivity index (χ1v) is 4.06. The summed E-state index contributed by atoms with van der Waals surface area (Å²) in [5.74, 6) is -1.06. The minimum atomic E-state index is -0.984. The molecule has 1 fully saturated rings. The van der Waals surface area contributed by atoms with Gasteiger partial charge in [0.05, 0.1) is 17.4 Å². The lowest BCUT2D eigenvalue weighted by Gasteiger charge is -2.01. The Morgan fingerprint density at radius 2 is 2.31 bits per heavy atom. The van der Waals surface area contributed by atoms with E-state index < -0.39 is 12.1 Å². The van der Waals surface area contributed by atoms with E-state index in [4.69, 9.17) is 10.2 Å². The summed E-state index contributed by atoms with van der Waals surface area (Å²) in [4.78, 5) is 14.7. The van der Waals surface area contributed by atoms with E-state index in [1.54, 1.807) is 12.3 Å². The minimum Gasteiger partial charge on any atom is -0.478 e. The average molecular weight is 179 g/mol. The highest BCUT2D eigenvalue weighted by atomic mass is 16.4. The molecule has 0 radical (unpaired) electrons. The number of carboxylic acid groups (broad SMARTS) is 1. The van der Waals surface area contributed by atoms with Crippen LogP contribution in [0.1, 0.15) is 28.4 Å². The van der Waals surface area contributed by atoms with Gasteiger partial charge in [0.15, 0.2) is 0 Å². The number of carboxylic acids is 1. The Labute approximate surface area is 74.9 Å². The van der Waals surface area contributed by atoms with Crippen molar-refractivity contribution in [2.24, 2.45) is 0 Å². The van der Waals surface area contributed by atoms with Crippen LogP contribution < -0.4 is 0 Å². The number of carbonyl (C=O) groups is 1. The molecule has 0 saturated heterocycles. The summed E-state index contributed by atoms with van der Waals surface area (Å²) < 4.78 is 0. The largest absolute Gasteiger partial charge is 0.478 e. The van der Waals surface area contributed by atoms with Gasteiger partial charge in [-0.05, 0) is 18.6 Å². The quantitative estimate of drug-likeness (QED) is 0.698. The number of rotatable bonds is 2. The lowest BCUT2D eigenvalue weighted by Crippen LogP contribution is -2.04. The molecular weight excluding hydrogens is 170 g/mol. The monoisotopic (exact) mass is 179 g/mol. The fourth-order valence-electron chi connectivity index (χ4n) is 1.37. The number of pyridine rings is 1. The molecule has 68 valence electrons. The Hall–Kier alpha value is -1.42. The summed E-state index contributed by atoms with van der Waals surface area (Å²) in [5.41, 5.74) is 0.701. The molecule has 1 aromatic rings. The van der Waals surface area contributed by atoms with Gasteiger partial charge in [0.1, 0.15) is 0 Å². The van der Waals surface area contributed by atoms with E-state index in [9.17, 15) is 4.79 Å². The molecule has 2 rings (SSSR count). The zero-order valence-electron chi connectivity index (χ0n) is 6.84. The standard InChI is InChI=1S/C9H9NO3/c11-7-4-6(7)8-5(9(12)13)2-1-3-10-8/h1-3,6-7,11H,4H2,(H,12,13). The molecule has 0 bridgehead atoms. The highest BCUT2D eigenvalue weighted by Crippen LogP contribution is 2.40. The Morgan fingerprint density at radius 3 is 2.85 bits per heavy atom. The number of hydrogen-bond donors (Lipinski definition) is 2. The maximum absolute atomic E-state index is 10.7. The molecule has 0 aromatic carbocycles. The number of hydrogen-bond acceptors (Lipinski definition) is 3. The van der Waals surface area contributed by atoms with Crippen LogP contribution in [0.5, 0.6) is 0 Å². The maximum Gasteiger partial charge on any atom is 0.337 e. The Morgan fingerprint density at radius 1 is 1.62 bits per heavy atom. The van der Waals surface area contributed by atoms with E-state index >= 15 is 0 Å². The van der Waals surface area contributed by atoms with Crippen molar-refractivity contribution in [2.75, 3.05) is 0 Å². The minimum absolute atomic E-state index is 0.0766. The lowest BCUT2D eigenvalue weighted by atomic mass is 10.1. The van der Waals surface area contributed by atoms with Gasteiger partial charge in [-0.2, -0.15) is 0 Å². The van der Waals surface area contributed by atoms with E-state index in [1.165, 1.54) is 6.07 Å². The summed E-state index contributed by atoms with van der Waals surface area (Å²) in [7, 11) is 0. The second kappa shape index (κ2) is 2.81. The summed E-state index contributed by atoms with van der Waals surface area (Å²) in [6, 6.07) is 3.09. The first-order chi connectivity index (χ1) is 6.20. The third-order valence-electron chi connectivity index (χ3n) is 2.18. The van der Waals surface area contributed by atoms with Crippen LogP contribution in [0, 0.1) is 0 Å². The van der Waals surface area contributed by atoms with E-state index in [0.29, 0.717) is 12.1 Å². The number of aromatic nitrogens is 1. The predicted octanol–water partition coefficient (Wildman–Crippen LogP) is 0.628. The van der Waals surface area contributed by atoms with Crippen LogP contribution in [0.4, 0.5) is 0 Å². The third kappa shape index (κ3) is 1.40. The summed E-state index contributed by atoms with van der Waals surface area (Å²) in [6.07, 6.45) is 1.76. The van der Waals surface area contributed by atoms with Crippen LogP contribution in [0.15, 0.2) is 18.3 Å². The summed E-state index contributed by atoms with van der Waals surface area (Å²) in [6.45, 7) is 0. The van der Waals surface area contributed by atoms with Crippen molar-refractivity contribution in [1.29, 1.82) is 0 Å². The van der Waals surface area contributed by atoms with Gasteiger partial charge in [-0.25, -0.2) is 4.79 Å². The SMILES string of the molecule is O=C(O)c1cccnc1C1CC1O. The van der Waals surface area contributed by atoms with Crippen LogP contribution in [0.2, 0.25) is 0 Å². The van der Waals surface area contributed by atoms with E-state index in [-0.39, 0.29) is 11.5 Å². The molecule has 2 atom stereocenters. The molecule has 0 aliphatic heterocycles. The highest BCUT2D eigenvalue weighted by Gasteiger charge is 2.40. The van der Waals surface area contributed by atoms with Gasteiger partial charge in [0.2, 0.25) is 0 Å². The zero-order chi connectivity index (χ0) is 9.42. The van der Waals surface area contributed by atoms with Crippen LogP contribution in [0.25, 0.3) is 0 Å². The van der Waals surface area contributed by atoms with E-state index in [2.05, 4.69) is 4.98 Å². The smallest absolute Gasteiger partial charge is 0.337 e. The fraction of sp³-hybridized carbons (Fsp3) is 0.333. The molecule has 0 amide bonds. The number of aromatic carboxylic acids is 1. The third-order valence-corrected chi connectivity index (χ3v) is 2.18. The molecule has 1 aromatic heterocycles. The number of aliphatic hydroxyl groups excluding tert-OH is 1. The van der Waals surface area contributed by atoms with Gasteiger partial charge in [0, 0.05) is 12.1 Å². The average Bonchev–Trinajstić information content (AvgIpc) is 2.82. The molecule has 2 unspecified atom stereocenters. The first-order valence-electron chi connectivity index (χ1n) is 4.06. The second-order valence-corrected chi connectivity index (χ2v) is 3.15. The molecule has 1 aliphatic rings. The van der Waals surface area contributed by atoms with Crippen molar-refractivity contribution >= 4 is 5.97 Å². The van der Waals surface area contributed by atoms with E-state index in [1.807, 2.05) is 0 Å². The first kappa shape index (κ1) is 8.19. The van der Waals surface area contributed by atoms with Gasteiger partial charge in [-0.15, -0.1) is 0 Å². The molecule has 0 spiro atoms. The fourth-order valence-corrected chi connectivity index (χ4v) is 1.37. The van der Waals surface area contributed by atoms with Gasteiger partial charge < -0.3 is 10.2 Å². The molecule has 1 saturated carbocycles. The Kier molecular flexibility index (Phi) is 1.77. The molecule has 1 heterocycles. The number of aliphatic hydroxyl groups is 1. The van der Waals surface area contributed by atoms with Crippen LogP contribution in [0.3, 0.4) is 0 Å². The van der Waals surface area contributed by atoms with Crippen molar-refractivity contribution < 1.29 is 15.0 Å². The molecule has 1 aliphatic carbocycles. The topological polar surface area (TPSA) is 70.4 Å². The predicted molar refractivity (Wildman–Crippen MR) is 44.6 cm³/mol. The summed E-state index contributed by atoms with van der Waals surface area (Å²) in [5, 5.41) is 18.0. The van der Waals surface area contributed by atoms with Crippen molar-refractivity contribution in [3.8, 4) is 0 Å². The van der Waals surface area contributed by atoms with Crippen molar-refractivity contribution in [3.63, 3.8) is 0 Å². The van der Waals surface area contributed by atoms with Gasteiger partial charge in [-0.1, -0.05) is 0 Å². The van der Waals surface area contributed by atoms with Crippen LogP contribution >= 0.6 is 0 Å². The Balaban J connectivity index is 2.38. The highest BCUT2D eigenvalue weighted by molar-refractivity contribution is 5.89. The normalized spacial score (nSPS) is 25.6. The Bertz CT molecular complexity index is 350. The molecule has 2 N–H and O–H groups in total. The van der Waals surface area contributed by atoms with Gasteiger partial charge in [-0.3, -0.25) is 4.98 Å². The number of nitrogens with zero attached hydrogens (tertiary/aromatic N) is 1. The van der Waals surface area contributed by atoms with Gasteiger partial charge in [0.25, 0.3) is 0 Å². The van der Waals surface area contributed by atoms with Gasteiger partial charge >= 0.3 is 5.97 Å². The maximum atomic E-state index is 10.7. The van der Waals surface area contributed by atoms with Crippen LogP contribution in [-0.4, -0.2) is 27.3 Å².